The average Bonchev–Trinajstić information content (AvgIpc) is 3.02. The number of nitrogens with zero attached hydrogens (tertiary/aromatic N) is 1. The van der Waals surface area contributed by atoms with Crippen LogP contribution in [0.5, 0.6) is 0 Å². The molecule has 3 rings (SSSR count). The smallest absolute Gasteiger partial charge is 0.319 e. The number of ether oxygens (including phenoxy) is 1. The number of esters is 1. The molecule has 0 fully saturated rings. The summed E-state index contributed by atoms with van der Waals surface area (Å²) in [5, 5.41) is 21.8. The van der Waals surface area contributed by atoms with Crippen LogP contribution in [0, 0.1) is 17.6 Å². The first-order chi connectivity index (χ1) is 14.3. The van der Waals surface area contributed by atoms with Gasteiger partial charge >= 0.3 is 5.97 Å². The number of benzene rings is 2. The van der Waals surface area contributed by atoms with E-state index in [0.717, 1.165) is 17.0 Å². The second-order valence-corrected chi connectivity index (χ2v) is 6.84. The quantitative estimate of drug-likeness (QED) is 0.727. The van der Waals surface area contributed by atoms with Gasteiger partial charge in [-0.2, -0.15) is 0 Å². The molecule has 1 aliphatic rings. The predicted octanol–water partition coefficient (Wildman–Crippen LogP) is 3.55. The van der Waals surface area contributed by atoms with Crippen LogP contribution < -0.4 is 0 Å². The number of amides is 1. The van der Waals surface area contributed by atoms with Crippen LogP contribution in [0.3, 0.4) is 0 Å². The number of rotatable bonds is 5. The van der Waals surface area contributed by atoms with Crippen LogP contribution in [0.15, 0.2) is 60.0 Å². The van der Waals surface area contributed by atoms with Crippen molar-refractivity contribution in [2.24, 2.45) is 5.92 Å². The third-order valence-electron chi connectivity index (χ3n) is 4.95. The van der Waals surface area contributed by atoms with Crippen LogP contribution in [0.2, 0.25) is 0 Å². The summed E-state index contributed by atoms with van der Waals surface area (Å²) in [6, 6.07) is 8.94. The van der Waals surface area contributed by atoms with Crippen LogP contribution in [0.25, 0.3) is 0 Å². The summed E-state index contributed by atoms with van der Waals surface area (Å²) >= 11 is 0. The number of hydrogen-bond donors (Lipinski definition) is 2. The van der Waals surface area contributed by atoms with Gasteiger partial charge in [0.25, 0.3) is 0 Å². The zero-order valence-electron chi connectivity index (χ0n) is 16.4. The minimum atomic E-state index is -1.52. The number of carbonyl (C=O) groups is 2. The fourth-order valence-electron chi connectivity index (χ4n) is 3.65. The molecule has 2 aromatic rings. The first kappa shape index (κ1) is 21.4. The van der Waals surface area contributed by atoms with Crippen molar-refractivity contribution in [3.05, 3.63) is 82.7 Å². The second-order valence-electron chi connectivity index (χ2n) is 6.84. The first-order valence-electron chi connectivity index (χ1n) is 9.34. The standard InChI is InChI=1S/C22H21F2NO5/c1-3-30-22(29)17-18(13-4-8-15(23)9-5-13)25(12(2)26)19(21(17)28)20(27)14-6-10-16(24)11-7-14/h4-11,17-18,20,27-28H,3H2,1-2H3. The molecule has 1 amide bonds. The Bertz CT molecular complexity index is 972. The van der Waals surface area contributed by atoms with Crippen LogP contribution in [0.4, 0.5) is 8.78 Å². The van der Waals surface area contributed by atoms with Gasteiger partial charge in [0, 0.05) is 6.92 Å². The van der Waals surface area contributed by atoms with E-state index in [-0.39, 0.29) is 17.9 Å². The lowest BCUT2D eigenvalue weighted by Crippen LogP contribution is -2.35. The Morgan fingerprint density at radius 3 is 2.10 bits per heavy atom. The molecular formula is C22H21F2NO5. The van der Waals surface area contributed by atoms with Gasteiger partial charge in [0.15, 0.2) is 0 Å². The molecule has 3 atom stereocenters. The van der Waals surface area contributed by atoms with Crippen molar-refractivity contribution in [3.8, 4) is 0 Å². The van der Waals surface area contributed by atoms with Gasteiger partial charge in [-0.1, -0.05) is 24.3 Å². The van der Waals surface area contributed by atoms with Gasteiger partial charge in [-0.25, -0.2) is 8.78 Å². The Kier molecular flexibility index (Phi) is 6.17. The molecule has 0 aromatic heterocycles. The van der Waals surface area contributed by atoms with Crippen molar-refractivity contribution in [1.29, 1.82) is 0 Å². The van der Waals surface area contributed by atoms with Crippen molar-refractivity contribution >= 4 is 11.9 Å². The van der Waals surface area contributed by atoms with Crippen LogP contribution >= 0.6 is 0 Å². The summed E-state index contributed by atoms with van der Waals surface area (Å²) in [7, 11) is 0. The second kappa shape index (κ2) is 8.62. The number of carbonyl (C=O) groups excluding carboxylic acids is 2. The molecule has 2 aromatic carbocycles. The largest absolute Gasteiger partial charge is 0.509 e. The van der Waals surface area contributed by atoms with E-state index in [9.17, 15) is 28.6 Å². The summed E-state index contributed by atoms with van der Waals surface area (Å²) in [5.41, 5.74) is 0.380. The molecular weight excluding hydrogens is 396 g/mol. The molecule has 8 heteroatoms. The Morgan fingerprint density at radius 2 is 1.60 bits per heavy atom. The Morgan fingerprint density at radius 1 is 1.07 bits per heavy atom. The molecule has 30 heavy (non-hydrogen) atoms. The topological polar surface area (TPSA) is 87.1 Å². The maximum absolute atomic E-state index is 13.4. The monoisotopic (exact) mass is 417 g/mol. The van der Waals surface area contributed by atoms with E-state index in [1.807, 2.05) is 0 Å². The highest BCUT2D eigenvalue weighted by Gasteiger charge is 2.50. The molecule has 6 nitrogen and oxygen atoms in total. The molecule has 1 heterocycles. The summed E-state index contributed by atoms with van der Waals surface area (Å²) in [4.78, 5) is 26.3. The van der Waals surface area contributed by atoms with E-state index in [0.29, 0.717) is 5.56 Å². The minimum Gasteiger partial charge on any atom is -0.509 e. The van der Waals surface area contributed by atoms with E-state index >= 15 is 0 Å². The van der Waals surface area contributed by atoms with Gasteiger partial charge in [0.05, 0.1) is 18.3 Å². The summed E-state index contributed by atoms with van der Waals surface area (Å²) in [5.74, 6) is -4.23. The van der Waals surface area contributed by atoms with Crippen molar-refractivity contribution in [2.75, 3.05) is 6.61 Å². The van der Waals surface area contributed by atoms with Crippen molar-refractivity contribution in [1.82, 2.24) is 4.90 Å². The molecule has 0 aliphatic carbocycles. The maximum atomic E-state index is 13.4. The predicted molar refractivity (Wildman–Crippen MR) is 103 cm³/mol. The number of halogens is 2. The van der Waals surface area contributed by atoms with E-state index in [2.05, 4.69) is 0 Å². The minimum absolute atomic E-state index is 0.0364. The molecule has 3 unspecified atom stereocenters. The number of aliphatic hydroxyl groups excluding tert-OH is 2. The lowest BCUT2D eigenvalue weighted by molar-refractivity contribution is -0.149. The fourth-order valence-corrected chi connectivity index (χ4v) is 3.65. The lowest BCUT2D eigenvalue weighted by Gasteiger charge is -2.30. The first-order valence-corrected chi connectivity index (χ1v) is 9.34. The highest BCUT2D eigenvalue weighted by atomic mass is 19.1. The molecule has 158 valence electrons. The van der Waals surface area contributed by atoms with Gasteiger partial charge in [0.1, 0.15) is 29.4 Å². The van der Waals surface area contributed by atoms with Crippen LogP contribution in [-0.2, 0) is 14.3 Å². The highest BCUT2D eigenvalue weighted by Crippen LogP contribution is 2.47. The third-order valence-corrected chi connectivity index (χ3v) is 4.95. The fraction of sp³-hybridized carbons (Fsp3) is 0.273. The molecule has 0 saturated carbocycles. The van der Waals surface area contributed by atoms with E-state index in [1.54, 1.807) is 6.92 Å². The van der Waals surface area contributed by atoms with Crippen molar-refractivity contribution in [3.63, 3.8) is 0 Å². The molecule has 0 bridgehead atoms. The van der Waals surface area contributed by atoms with E-state index in [1.165, 1.54) is 43.3 Å². The highest BCUT2D eigenvalue weighted by molar-refractivity contribution is 5.83. The normalized spacial score (nSPS) is 19.7. The number of hydrogen-bond acceptors (Lipinski definition) is 5. The van der Waals surface area contributed by atoms with Crippen LogP contribution in [0.1, 0.15) is 37.1 Å². The SMILES string of the molecule is CCOC(=O)C1C(O)=C(C(O)c2ccc(F)cc2)N(C(C)=O)C1c1ccc(F)cc1. The maximum Gasteiger partial charge on any atom is 0.319 e. The Balaban J connectivity index is 2.15. The lowest BCUT2D eigenvalue weighted by atomic mass is 9.93. The number of aliphatic hydroxyl groups is 2. The van der Waals surface area contributed by atoms with Gasteiger partial charge < -0.3 is 19.8 Å². The molecule has 2 N–H and O–H groups in total. The van der Waals surface area contributed by atoms with E-state index < -0.39 is 47.3 Å². The van der Waals surface area contributed by atoms with E-state index in [4.69, 9.17) is 4.74 Å². The third kappa shape index (κ3) is 3.91. The van der Waals surface area contributed by atoms with Crippen LogP contribution in [-0.4, -0.2) is 33.6 Å². The zero-order chi connectivity index (χ0) is 22.0. The molecule has 0 saturated heterocycles. The van der Waals surface area contributed by atoms with Gasteiger partial charge in [-0.15, -0.1) is 0 Å². The van der Waals surface area contributed by atoms with Crippen molar-refractivity contribution < 1.29 is 33.3 Å². The van der Waals surface area contributed by atoms with Gasteiger partial charge in [-0.3, -0.25) is 9.59 Å². The molecule has 1 aliphatic heterocycles. The average molecular weight is 417 g/mol. The zero-order valence-corrected chi connectivity index (χ0v) is 16.4. The van der Waals surface area contributed by atoms with Gasteiger partial charge in [0.2, 0.25) is 5.91 Å². The van der Waals surface area contributed by atoms with Gasteiger partial charge in [-0.05, 0) is 42.3 Å². The molecule has 0 spiro atoms. The summed E-state index contributed by atoms with van der Waals surface area (Å²) in [6.07, 6.45) is -1.52. The summed E-state index contributed by atoms with van der Waals surface area (Å²) < 4.78 is 31.8. The molecule has 0 radical (unpaired) electrons. The Labute approximate surface area is 172 Å². The van der Waals surface area contributed by atoms with Crippen molar-refractivity contribution in [2.45, 2.75) is 26.0 Å². The Hall–Kier alpha value is -3.26. The summed E-state index contributed by atoms with van der Waals surface area (Å²) in [6.45, 7) is 2.85.